The number of hydrogen-bond acceptors (Lipinski definition) is 6. The summed E-state index contributed by atoms with van der Waals surface area (Å²) in [7, 11) is 0. The molecule has 0 saturated carbocycles. The average molecular weight is 371 g/mol. The molecule has 7 nitrogen and oxygen atoms in total. The van der Waals surface area contributed by atoms with Gasteiger partial charge >= 0.3 is 0 Å². The highest BCUT2D eigenvalue weighted by Crippen LogP contribution is 2.28. The number of amides is 1. The number of rotatable bonds is 4. The fourth-order valence-electron chi connectivity index (χ4n) is 3.62. The largest absolute Gasteiger partial charge is 0.361 e. The maximum atomic E-state index is 12.9. The molecule has 1 saturated heterocycles. The Hall–Kier alpha value is -2.48. The summed E-state index contributed by atoms with van der Waals surface area (Å²) in [6, 6.07) is 0. The van der Waals surface area contributed by atoms with Gasteiger partial charge < -0.3 is 14.0 Å². The van der Waals surface area contributed by atoms with E-state index in [1.54, 1.807) is 18.3 Å². The molecule has 0 N–H and O–H groups in total. The van der Waals surface area contributed by atoms with Crippen LogP contribution < -0.4 is 0 Å². The molecule has 4 rings (SSSR count). The Morgan fingerprint density at radius 1 is 1.38 bits per heavy atom. The number of imidazole rings is 1. The maximum Gasteiger partial charge on any atom is 0.259 e. The molecule has 136 valence electrons. The Bertz CT molecular complexity index is 879. The van der Waals surface area contributed by atoms with Crippen LogP contribution in [0.1, 0.15) is 52.1 Å². The summed E-state index contributed by atoms with van der Waals surface area (Å²) in [5, 5.41) is 5.97. The van der Waals surface area contributed by atoms with E-state index in [0.717, 1.165) is 30.9 Å². The van der Waals surface area contributed by atoms with Gasteiger partial charge in [0.1, 0.15) is 17.1 Å². The predicted octanol–water partition coefficient (Wildman–Crippen LogP) is 3.01. The van der Waals surface area contributed by atoms with E-state index in [1.165, 1.54) is 0 Å². The van der Waals surface area contributed by atoms with Crippen molar-refractivity contribution in [2.75, 3.05) is 13.1 Å². The zero-order valence-corrected chi connectivity index (χ0v) is 15.7. The van der Waals surface area contributed by atoms with Gasteiger partial charge in [0.15, 0.2) is 0 Å². The van der Waals surface area contributed by atoms with Gasteiger partial charge in [0, 0.05) is 36.8 Å². The van der Waals surface area contributed by atoms with E-state index in [4.69, 9.17) is 4.52 Å². The highest BCUT2D eigenvalue weighted by molar-refractivity contribution is 7.07. The fraction of sp³-hybridized carbons (Fsp3) is 0.444. The molecule has 3 aromatic heterocycles. The third-order valence-electron chi connectivity index (χ3n) is 4.88. The monoisotopic (exact) mass is 371 g/mol. The van der Waals surface area contributed by atoms with Crippen LogP contribution in [-0.2, 0) is 6.54 Å². The first kappa shape index (κ1) is 17.0. The number of piperidine rings is 1. The second-order valence-corrected chi connectivity index (χ2v) is 7.40. The molecular weight excluding hydrogens is 350 g/mol. The number of aromatic nitrogens is 4. The lowest BCUT2D eigenvalue weighted by Crippen LogP contribution is -2.40. The van der Waals surface area contributed by atoms with Crippen molar-refractivity contribution in [3.05, 3.63) is 51.8 Å². The highest BCUT2D eigenvalue weighted by atomic mass is 32.1. The number of thiazole rings is 1. The van der Waals surface area contributed by atoms with Crippen molar-refractivity contribution in [3.63, 3.8) is 0 Å². The summed E-state index contributed by atoms with van der Waals surface area (Å²) in [6.07, 6.45) is 5.81. The predicted molar refractivity (Wildman–Crippen MR) is 97.3 cm³/mol. The molecule has 0 spiro atoms. The van der Waals surface area contributed by atoms with Crippen LogP contribution in [0.4, 0.5) is 0 Å². The van der Waals surface area contributed by atoms with E-state index in [1.807, 2.05) is 29.7 Å². The zero-order chi connectivity index (χ0) is 18.1. The van der Waals surface area contributed by atoms with E-state index in [9.17, 15) is 4.79 Å². The van der Waals surface area contributed by atoms with E-state index in [2.05, 4.69) is 25.1 Å². The summed E-state index contributed by atoms with van der Waals surface area (Å²) >= 11 is 1.60. The van der Waals surface area contributed by atoms with Crippen molar-refractivity contribution in [1.82, 2.24) is 24.6 Å². The van der Waals surface area contributed by atoms with Crippen molar-refractivity contribution in [2.24, 2.45) is 0 Å². The fourth-order valence-corrected chi connectivity index (χ4v) is 4.17. The minimum absolute atomic E-state index is 0.00329. The van der Waals surface area contributed by atoms with Gasteiger partial charge in [-0.15, -0.1) is 11.3 Å². The lowest BCUT2D eigenvalue weighted by molar-refractivity contribution is 0.0701. The summed E-state index contributed by atoms with van der Waals surface area (Å²) in [6.45, 7) is 5.73. The van der Waals surface area contributed by atoms with E-state index < -0.39 is 0 Å². The normalized spacial score (nSPS) is 17.6. The van der Waals surface area contributed by atoms with Crippen LogP contribution in [-0.4, -0.2) is 43.6 Å². The van der Waals surface area contributed by atoms with Gasteiger partial charge in [-0.3, -0.25) is 4.79 Å². The van der Waals surface area contributed by atoms with Crippen LogP contribution in [0.5, 0.6) is 0 Å². The molecule has 1 atom stereocenters. The first-order valence-electron chi connectivity index (χ1n) is 8.73. The number of carbonyl (C=O) groups excluding carboxylic acids is 1. The topological polar surface area (TPSA) is 77.0 Å². The van der Waals surface area contributed by atoms with Gasteiger partial charge in [-0.25, -0.2) is 9.97 Å². The number of likely N-dealkylation sites (tertiary alicyclic amines) is 1. The van der Waals surface area contributed by atoms with Gasteiger partial charge in [0.05, 0.1) is 23.4 Å². The first-order valence-corrected chi connectivity index (χ1v) is 9.68. The van der Waals surface area contributed by atoms with Crippen LogP contribution in [0.2, 0.25) is 0 Å². The van der Waals surface area contributed by atoms with Gasteiger partial charge in [-0.2, -0.15) is 0 Å². The van der Waals surface area contributed by atoms with E-state index in [0.29, 0.717) is 30.1 Å². The van der Waals surface area contributed by atoms with Crippen LogP contribution in [0.15, 0.2) is 27.8 Å². The SMILES string of the molecule is Cc1noc(C)c1C(=O)N1CCC[C@H](c2nccn2Cc2cscn2)C1. The van der Waals surface area contributed by atoms with Gasteiger partial charge in [0.25, 0.3) is 5.91 Å². The van der Waals surface area contributed by atoms with Crippen molar-refractivity contribution in [3.8, 4) is 0 Å². The number of nitrogens with zero attached hydrogens (tertiary/aromatic N) is 5. The summed E-state index contributed by atoms with van der Waals surface area (Å²) in [5.41, 5.74) is 4.13. The lowest BCUT2D eigenvalue weighted by atomic mass is 9.96. The second-order valence-electron chi connectivity index (χ2n) is 6.68. The quantitative estimate of drug-likeness (QED) is 0.704. The minimum Gasteiger partial charge on any atom is -0.361 e. The van der Waals surface area contributed by atoms with Crippen LogP contribution in [0.3, 0.4) is 0 Å². The molecule has 8 heteroatoms. The summed E-state index contributed by atoms with van der Waals surface area (Å²) in [5.74, 6) is 1.83. The molecule has 0 unspecified atom stereocenters. The second kappa shape index (κ2) is 7.03. The first-order chi connectivity index (χ1) is 12.6. The maximum absolute atomic E-state index is 12.9. The minimum atomic E-state index is 0.00329. The van der Waals surface area contributed by atoms with E-state index in [-0.39, 0.29) is 11.8 Å². The molecule has 26 heavy (non-hydrogen) atoms. The molecule has 1 aliphatic rings. The van der Waals surface area contributed by atoms with Crippen molar-refractivity contribution < 1.29 is 9.32 Å². The molecule has 1 fully saturated rings. The molecule has 1 amide bonds. The summed E-state index contributed by atoms with van der Waals surface area (Å²) < 4.78 is 7.31. The molecular formula is C18H21N5O2S. The Labute approximate surface area is 155 Å². The Kier molecular flexibility index (Phi) is 4.58. The van der Waals surface area contributed by atoms with Gasteiger partial charge in [-0.05, 0) is 26.7 Å². The third-order valence-corrected chi connectivity index (χ3v) is 5.52. The highest BCUT2D eigenvalue weighted by Gasteiger charge is 2.30. The smallest absolute Gasteiger partial charge is 0.259 e. The molecule has 4 heterocycles. The van der Waals surface area contributed by atoms with Gasteiger partial charge in [-0.1, -0.05) is 5.16 Å². The van der Waals surface area contributed by atoms with Crippen LogP contribution >= 0.6 is 11.3 Å². The van der Waals surface area contributed by atoms with Crippen molar-refractivity contribution in [2.45, 2.75) is 39.2 Å². The Balaban J connectivity index is 1.53. The zero-order valence-electron chi connectivity index (χ0n) is 14.9. The van der Waals surface area contributed by atoms with Crippen molar-refractivity contribution in [1.29, 1.82) is 0 Å². The molecule has 0 radical (unpaired) electrons. The average Bonchev–Trinajstić information content (AvgIpc) is 3.38. The lowest BCUT2D eigenvalue weighted by Gasteiger charge is -2.32. The molecule has 0 aliphatic carbocycles. The molecule has 0 bridgehead atoms. The van der Waals surface area contributed by atoms with Crippen molar-refractivity contribution >= 4 is 17.2 Å². The Morgan fingerprint density at radius 2 is 2.27 bits per heavy atom. The molecule has 3 aromatic rings. The number of hydrogen-bond donors (Lipinski definition) is 0. The third kappa shape index (κ3) is 3.16. The van der Waals surface area contributed by atoms with Crippen LogP contribution in [0.25, 0.3) is 0 Å². The Morgan fingerprint density at radius 3 is 3.00 bits per heavy atom. The van der Waals surface area contributed by atoms with Crippen LogP contribution in [0, 0.1) is 13.8 Å². The standard InChI is InChI=1S/C18H21N5O2S/c1-12-16(13(2)25-21-12)18(24)23-6-3-4-14(8-23)17-19-5-7-22(17)9-15-10-26-11-20-15/h5,7,10-11,14H,3-4,6,8-9H2,1-2H3/t14-/m0/s1. The molecule has 1 aliphatic heterocycles. The summed E-state index contributed by atoms with van der Waals surface area (Å²) in [4.78, 5) is 23.8. The number of carbonyl (C=O) groups is 1. The van der Waals surface area contributed by atoms with Gasteiger partial charge in [0.2, 0.25) is 0 Å². The molecule has 0 aromatic carbocycles. The van der Waals surface area contributed by atoms with E-state index >= 15 is 0 Å². The number of aryl methyl sites for hydroxylation is 2.